The molecule has 4 heteroatoms. The minimum absolute atomic E-state index is 0.388. The molecular formula is C14H18N2O2. The zero-order valence-corrected chi connectivity index (χ0v) is 10.6. The number of aromatic nitrogens is 2. The number of hydrogen-bond donors (Lipinski definition) is 0. The van der Waals surface area contributed by atoms with Crippen molar-refractivity contribution < 1.29 is 9.47 Å². The van der Waals surface area contributed by atoms with E-state index in [1.807, 2.05) is 13.0 Å². The van der Waals surface area contributed by atoms with Crippen molar-refractivity contribution >= 4 is 0 Å². The lowest BCUT2D eigenvalue weighted by molar-refractivity contribution is 0.0663. The van der Waals surface area contributed by atoms with Gasteiger partial charge in [-0.2, -0.15) is 10.2 Å². The van der Waals surface area contributed by atoms with Gasteiger partial charge in [-0.25, -0.2) is 0 Å². The highest BCUT2D eigenvalue weighted by Gasteiger charge is 2.28. The van der Waals surface area contributed by atoms with E-state index >= 15 is 0 Å². The monoisotopic (exact) mass is 246 g/mol. The first-order valence-corrected chi connectivity index (χ1v) is 6.57. The Bertz CT molecular complexity index is 434. The Kier molecular flexibility index (Phi) is 3.17. The van der Waals surface area contributed by atoms with Gasteiger partial charge in [-0.1, -0.05) is 0 Å². The van der Waals surface area contributed by atoms with Crippen LogP contribution in [0.15, 0.2) is 24.2 Å². The van der Waals surface area contributed by atoms with Gasteiger partial charge in [-0.3, -0.25) is 0 Å². The highest BCUT2D eigenvalue weighted by atomic mass is 16.7. The highest BCUT2D eigenvalue weighted by Crippen LogP contribution is 2.38. The van der Waals surface area contributed by atoms with Crippen LogP contribution >= 0.6 is 0 Å². The summed E-state index contributed by atoms with van der Waals surface area (Å²) in [6.07, 6.45) is 6.38. The molecule has 1 saturated carbocycles. The van der Waals surface area contributed by atoms with Crippen LogP contribution in [0.3, 0.4) is 0 Å². The largest absolute Gasteiger partial charge is 0.462 e. The zero-order valence-electron chi connectivity index (χ0n) is 10.6. The summed E-state index contributed by atoms with van der Waals surface area (Å²) in [4.78, 5) is 0. The van der Waals surface area contributed by atoms with E-state index in [4.69, 9.17) is 9.47 Å². The first-order chi connectivity index (χ1) is 8.83. The topological polar surface area (TPSA) is 44.2 Å². The SMILES string of the molecule is Cc1ccc(C2CCC(C3=COCO3)CC2)nn1. The molecule has 4 nitrogen and oxygen atoms in total. The number of rotatable bonds is 2. The molecule has 0 aromatic carbocycles. The summed E-state index contributed by atoms with van der Waals surface area (Å²) in [6.45, 7) is 2.36. The van der Waals surface area contributed by atoms with E-state index in [1.165, 1.54) is 0 Å². The zero-order chi connectivity index (χ0) is 12.4. The molecule has 0 N–H and O–H groups in total. The van der Waals surface area contributed by atoms with E-state index in [9.17, 15) is 0 Å². The van der Waals surface area contributed by atoms with Crippen LogP contribution in [0.4, 0.5) is 0 Å². The van der Waals surface area contributed by atoms with Gasteiger partial charge in [0.1, 0.15) is 12.0 Å². The second-order valence-corrected chi connectivity index (χ2v) is 5.10. The number of ether oxygens (including phenoxy) is 2. The summed E-state index contributed by atoms with van der Waals surface area (Å²) < 4.78 is 10.6. The lowest BCUT2D eigenvalue weighted by Gasteiger charge is -2.27. The van der Waals surface area contributed by atoms with Crippen LogP contribution in [-0.4, -0.2) is 17.0 Å². The second kappa shape index (κ2) is 4.96. The number of hydrogen-bond acceptors (Lipinski definition) is 4. The Morgan fingerprint density at radius 3 is 2.44 bits per heavy atom. The van der Waals surface area contributed by atoms with Crippen molar-refractivity contribution in [3.05, 3.63) is 35.5 Å². The molecule has 96 valence electrons. The first-order valence-electron chi connectivity index (χ1n) is 6.57. The van der Waals surface area contributed by atoms with Crippen LogP contribution in [0.1, 0.15) is 43.0 Å². The summed E-state index contributed by atoms with van der Waals surface area (Å²) in [5.74, 6) is 2.11. The van der Waals surface area contributed by atoms with Gasteiger partial charge >= 0.3 is 0 Å². The van der Waals surface area contributed by atoms with Gasteiger partial charge in [0.25, 0.3) is 0 Å². The number of aryl methyl sites for hydroxylation is 1. The Morgan fingerprint density at radius 1 is 1.06 bits per heavy atom. The van der Waals surface area contributed by atoms with Gasteiger partial charge in [0.2, 0.25) is 6.79 Å². The predicted molar refractivity (Wildman–Crippen MR) is 66.6 cm³/mol. The standard InChI is InChI=1S/C14H18N2O2/c1-10-2-7-13(16-15-10)11-3-5-12(6-4-11)14-8-17-9-18-14/h2,7-8,11-12H,3-6,9H2,1H3. The number of allylic oxidation sites excluding steroid dienone is 1. The first kappa shape index (κ1) is 11.5. The molecule has 0 unspecified atom stereocenters. The minimum Gasteiger partial charge on any atom is -0.462 e. The van der Waals surface area contributed by atoms with Crippen LogP contribution < -0.4 is 0 Å². The van der Waals surface area contributed by atoms with Crippen LogP contribution in [0.5, 0.6) is 0 Å². The maximum Gasteiger partial charge on any atom is 0.229 e. The molecule has 0 atom stereocenters. The fraction of sp³-hybridized carbons (Fsp3) is 0.571. The molecule has 0 radical (unpaired) electrons. The van der Waals surface area contributed by atoms with E-state index in [-0.39, 0.29) is 0 Å². The maximum absolute atomic E-state index is 5.46. The molecule has 0 spiro atoms. The van der Waals surface area contributed by atoms with Crippen LogP contribution in [0.2, 0.25) is 0 Å². The molecule has 1 fully saturated rings. The minimum atomic E-state index is 0.388. The summed E-state index contributed by atoms with van der Waals surface area (Å²) in [5.41, 5.74) is 2.12. The molecule has 3 rings (SSSR count). The van der Waals surface area contributed by atoms with Gasteiger partial charge in [0.05, 0.1) is 11.4 Å². The van der Waals surface area contributed by atoms with Crippen molar-refractivity contribution in [3.63, 3.8) is 0 Å². The fourth-order valence-corrected chi connectivity index (χ4v) is 2.77. The molecule has 1 aromatic rings. The van der Waals surface area contributed by atoms with E-state index < -0.39 is 0 Å². The maximum atomic E-state index is 5.46. The smallest absolute Gasteiger partial charge is 0.229 e. The van der Waals surface area contributed by atoms with Crippen molar-refractivity contribution in [1.82, 2.24) is 10.2 Å². The number of nitrogens with zero attached hydrogens (tertiary/aromatic N) is 2. The average molecular weight is 246 g/mol. The molecule has 1 aromatic heterocycles. The van der Waals surface area contributed by atoms with Crippen LogP contribution in [0, 0.1) is 12.8 Å². The Hall–Kier alpha value is -1.58. The Labute approximate surface area is 107 Å². The van der Waals surface area contributed by atoms with Gasteiger partial charge < -0.3 is 9.47 Å². The summed E-state index contributed by atoms with van der Waals surface area (Å²) in [5, 5.41) is 8.45. The molecule has 0 saturated heterocycles. The van der Waals surface area contributed by atoms with Gasteiger partial charge in [-0.15, -0.1) is 0 Å². The van der Waals surface area contributed by atoms with Gasteiger partial charge in [0, 0.05) is 11.8 Å². The van der Waals surface area contributed by atoms with Crippen molar-refractivity contribution in [2.45, 2.75) is 38.5 Å². The van der Waals surface area contributed by atoms with Crippen molar-refractivity contribution in [1.29, 1.82) is 0 Å². The molecule has 0 amide bonds. The van der Waals surface area contributed by atoms with E-state index in [2.05, 4.69) is 16.3 Å². The van der Waals surface area contributed by atoms with Crippen LogP contribution in [0.25, 0.3) is 0 Å². The Morgan fingerprint density at radius 2 is 1.83 bits per heavy atom. The third-order valence-electron chi connectivity index (χ3n) is 3.86. The molecule has 1 aliphatic carbocycles. The lowest BCUT2D eigenvalue weighted by atomic mass is 9.80. The van der Waals surface area contributed by atoms with Gasteiger partial charge in [0.15, 0.2) is 0 Å². The molecular weight excluding hydrogens is 228 g/mol. The summed E-state index contributed by atoms with van der Waals surface area (Å²) in [7, 11) is 0. The fourth-order valence-electron chi connectivity index (χ4n) is 2.77. The average Bonchev–Trinajstić information content (AvgIpc) is 2.94. The quantitative estimate of drug-likeness (QED) is 0.804. The van der Waals surface area contributed by atoms with Crippen molar-refractivity contribution in [2.24, 2.45) is 5.92 Å². The molecule has 2 heterocycles. The van der Waals surface area contributed by atoms with E-state index in [0.717, 1.165) is 42.8 Å². The molecule has 0 bridgehead atoms. The molecule has 18 heavy (non-hydrogen) atoms. The summed E-state index contributed by atoms with van der Waals surface area (Å²) in [6, 6.07) is 4.16. The Balaban J connectivity index is 1.61. The third-order valence-corrected chi connectivity index (χ3v) is 3.86. The highest BCUT2D eigenvalue weighted by molar-refractivity contribution is 5.12. The molecule has 1 aliphatic heterocycles. The van der Waals surface area contributed by atoms with E-state index in [0.29, 0.717) is 18.6 Å². The summed E-state index contributed by atoms with van der Waals surface area (Å²) >= 11 is 0. The lowest BCUT2D eigenvalue weighted by Crippen LogP contribution is -2.16. The molecule has 2 aliphatic rings. The van der Waals surface area contributed by atoms with Gasteiger partial charge in [-0.05, 0) is 44.7 Å². The second-order valence-electron chi connectivity index (χ2n) is 5.10. The normalized spacial score (nSPS) is 27.3. The van der Waals surface area contributed by atoms with Crippen molar-refractivity contribution in [3.8, 4) is 0 Å². The van der Waals surface area contributed by atoms with E-state index in [1.54, 1.807) is 6.26 Å². The van der Waals surface area contributed by atoms with Crippen LogP contribution in [-0.2, 0) is 9.47 Å². The van der Waals surface area contributed by atoms with Crippen molar-refractivity contribution in [2.75, 3.05) is 6.79 Å². The predicted octanol–water partition coefficient (Wildman–Crippen LogP) is 2.90. The third kappa shape index (κ3) is 2.33.